The Labute approximate surface area is 150 Å². The fourth-order valence-electron chi connectivity index (χ4n) is 4.71. The Hall–Kier alpha value is -2.09. The molecule has 2 nitrogen and oxygen atoms in total. The molecule has 0 fully saturated rings. The van der Waals surface area contributed by atoms with E-state index >= 15 is 0 Å². The Morgan fingerprint density at radius 1 is 1.00 bits per heavy atom. The minimum Gasteiger partial charge on any atom is -0.356 e. The number of amides is 1. The van der Waals surface area contributed by atoms with Gasteiger partial charge in [0.05, 0.1) is 0 Å². The fourth-order valence-corrected chi connectivity index (χ4v) is 4.71. The van der Waals surface area contributed by atoms with E-state index in [0.29, 0.717) is 30.1 Å². The minimum atomic E-state index is 0.205. The Morgan fingerprint density at radius 3 is 2.12 bits per heavy atom. The summed E-state index contributed by atoms with van der Waals surface area (Å²) in [5.41, 5.74) is 5.93. The number of carbonyl (C=O) groups is 1. The molecule has 0 heterocycles. The zero-order valence-corrected chi connectivity index (χ0v) is 15.2. The van der Waals surface area contributed by atoms with E-state index in [0.717, 1.165) is 19.4 Å². The maximum atomic E-state index is 12.2. The third-order valence-electron chi connectivity index (χ3n) is 5.93. The lowest BCUT2D eigenvalue weighted by Gasteiger charge is -2.45. The van der Waals surface area contributed by atoms with Gasteiger partial charge < -0.3 is 5.32 Å². The van der Waals surface area contributed by atoms with Crippen LogP contribution in [0, 0.1) is 11.8 Å². The van der Waals surface area contributed by atoms with Crippen molar-refractivity contribution in [3.63, 3.8) is 0 Å². The molecule has 0 saturated carbocycles. The van der Waals surface area contributed by atoms with Crippen molar-refractivity contribution in [1.29, 1.82) is 0 Å². The maximum Gasteiger partial charge on any atom is 0.220 e. The number of rotatable bonds is 5. The van der Waals surface area contributed by atoms with Crippen molar-refractivity contribution in [2.75, 3.05) is 6.54 Å². The summed E-state index contributed by atoms with van der Waals surface area (Å²) in [6.07, 6.45) is 2.75. The Balaban J connectivity index is 1.56. The Bertz CT molecular complexity index is 732. The van der Waals surface area contributed by atoms with E-state index in [1.807, 2.05) is 0 Å². The monoisotopic (exact) mass is 333 g/mol. The highest BCUT2D eigenvalue weighted by atomic mass is 16.1. The van der Waals surface area contributed by atoms with Crippen molar-refractivity contribution in [2.45, 2.75) is 44.9 Å². The molecule has 2 aromatic rings. The molecule has 130 valence electrons. The largest absolute Gasteiger partial charge is 0.356 e. The molecule has 2 aromatic carbocycles. The first-order valence-corrected chi connectivity index (χ1v) is 9.59. The topological polar surface area (TPSA) is 29.1 Å². The summed E-state index contributed by atoms with van der Waals surface area (Å²) < 4.78 is 0. The summed E-state index contributed by atoms with van der Waals surface area (Å²) in [5, 5.41) is 3.22. The molecule has 2 heteroatoms. The van der Waals surface area contributed by atoms with Gasteiger partial charge in [-0.1, -0.05) is 62.4 Å². The van der Waals surface area contributed by atoms with E-state index in [1.54, 1.807) is 0 Å². The lowest BCUT2D eigenvalue weighted by molar-refractivity contribution is -0.121. The molecule has 3 aliphatic rings. The first-order valence-electron chi connectivity index (χ1n) is 9.59. The quantitative estimate of drug-likeness (QED) is 0.834. The molecule has 0 spiro atoms. The molecule has 0 radical (unpaired) electrons. The Morgan fingerprint density at radius 2 is 1.56 bits per heavy atom. The Kier molecular flexibility index (Phi) is 4.37. The van der Waals surface area contributed by atoms with Crippen LogP contribution in [0.5, 0.6) is 0 Å². The van der Waals surface area contributed by atoms with Crippen LogP contribution in [0.2, 0.25) is 0 Å². The third-order valence-corrected chi connectivity index (χ3v) is 5.93. The van der Waals surface area contributed by atoms with Gasteiger partial charge in [-0.05, 0) is 46.9 Å². The standard InChI is InChI=1S/C23H27NO/c1-15(2)11-12-22(25)24-14-16-13-21-17-7-3-5-9-19(17)23(16)20-10-6-4-8-18(20)21/h3-10,15-16,21,23H,11-14H2,1-2H3,(H,24,25). The summed E-state index contributed by atoms with van der Waals surface area (Å²) in [4.78, 5) is 12.2. The van der Waals surface area contributed by atoms with Gasteiger partial charge in [-0.15, -0.1) is 0 Å². The summed E-state index contributed by atoms with van der Waals surface area (Å²) in [6.45, 7) is 5.13. The summed E-state index contributed by atoms with van der Waals surface area (Å²) in [6, 6.07) is 17.8. The van der Waals surface area contributed by atoms with Gasteiger partial charge in [0.2, 0.25) is 5.91 Å². The third kappa shape index (κ3) is 2.99. The van der Waals surface area contributed by atoms with Gasteiger partial charge in [0, 0.05) is 24.8 Å². The summed E-state index contributed by atoms with van der Waals surface area (Å²) >= 11 is 0. The van der Waals surface area contributed by atoms with Crippen LogP contribution >= 0.6 is 0 Å². The number of hydrogen-bond acceptors (Lipinski definition) is 1. The smallest absolute Gasteiger partial charge is 0.220 e. The first-order chi connectivity index (χ1) is 12.1. The second-order valence-corrected chi connectivity index (χ2v) is 8.02. The highest BCUT2D eigenvalue weighted by Crippen LogP contribution is 2.55. The van der Waals surface area contributed by atoms with Crippen molar-refractivity contribution in [2.24, 2.45) is 11.8 Å². The average molecular weight is 333 g/mol. The number of benzene rings is 2. The van der Waals surface area contributed by atoms with Crippen LogP contribution < -0.4 is 5.32 Å². The van der Waals surface area contributed by atoms with Crippen LogP contribution in [0.25, 0.3) is 0 Å². The molecule has 3 aliphatic carbocycles. The number of fused-ring (bicyclic) bond motifs is 1. The molecule has 25 heavy (non-hydrogen) atoms. The molecular formula is C23H27NO. The maximum absolute atomic E-state index is 12.2. The minimum absolute atomic E-state index is 0.205. The van der Waals surface area contributed by atoms with E-state index < -0.39 is 0 Å². The van der Waals surface area contributed by atoms with Crippen molar-refractivity contribution in [1.82, 2.24) is 5.32 Å². The highest BCUT2D eigenvalue weighted by molar-refractivity contribution is 5.75. The molecule has 1 amide bonds. The van der Waals surface area contributed by atoms with Gasteiger partial charge in [0.25, 0.3) is 0 Å². The normalized spacial score (nSPS) is 23.2. The van der Waals surface area contributed by atoms with Crippen molar-refractivity contribution < 1.29 is 4.79 Å². The average Bonchev–Trinajstić information content (AvgIpc) is 2.65. The summed E-state index contributed by atoms with van der Waals surface area (Å²) in [7, 11) is 0. The molecule has 1 atom stereocenters. The highest BCUT2D eigenvalue weighted by Gasteiger charge is 2.42. The van der Waals surface area contributed by atoms with Crippen LogP contribution in [0.1, 0.15) is 67.2 Å². The van der Waals surface area contributed by atoms with Crippen molar-refractivity contribution >= 4 is 5.91 Å². The summed E-state index contributed by atoms with van der Waals surface area (Å²) in [5.74, 6) is 2.18. The molecule has 0 aromatic heterocycles. The second kappa shape index (κ2) is 6.67. The van der Waals surface area contributed by atoms with Gasteiger partial charge in [0.15, 0.2) is 0 Å². The zero-order valence-electron chi connectivity index (χ0n) is 15.2. The molecule has 1 N–H and O–H groups in total. The lowest BCUT2D eigenvalue weighted by atomic mass is 9.59. The van der Waals surface area contributed by atoms with Gasteiger partial charge in [-0.2, -0.15) is 0 Å². The van der Waals surface area contributed by atoms with Gasteiger partial charge in [0.1, 0.15) is 0 Å². The number of hydrogen-bond donors (Lipinski definition) is 1. The van der Waals surface area contributed by atoms with E-state index in [1.165, 1.54) is 22.3 Å². The molecule has 1 unspecified atom stereocenters. The second-order valence-electron chi connectivity index (χ2n) is 8.02. The number of carbonyl (C=O) groups excluding carboxylic acids is 1. The molecule has 0 aliphatic heterocycles. The fraction of sp³-hybridized carbons (Fsp3) is 0.435. The molecule has 5 rings (SSSR count). The van der Waals surface area contributed by atoms with E-state index in [4.69, 9.17) is 0 Å². The zero-order chi connectivity index (χ0) is 17.4. The van der Waals surface area contributed by atoms with E-state index in [2.05, 4.69) is 67.7 Å². The van der Waals surface area contributed by atoms with Gasteiger partial charge >= 0.3 is 0 Å². The van der Waals surface area contributed by atoms with Crippen molar-refractivity contribution in [3.05, 3.63) is 70.8 Å². The van der Waals surface area contributed by atoms with Crippen LogP contribution in [0.3, 0.4) is 0 Å². The van der Waals surface area contributed by atoms with Crippen LogP contribution in [0.15, 0.2) is 48.5 Å². The van der Waals surface area contributed by atoms with Crippen molar-refractivity contribution in [3.8, 4) is 0 Å². The predicted molar refractivity (Wildman–Crippen MR) is 102 cm³/mol. The molecular weight excluding hydrogens is 306 g/mol. The molecule has 0 saturated heterocycles. The number of nitrogens with one attached hydrogen (secondary N) is 1. The SMILES string of the molecule is CC(C)CCC(=O)NCC1CC2c3ccccc3C1c1ccccc12. The molecule has 2 bridgehead atoms. The lowest BCUT2D eigenvalue weighted by Crippen LogP contribution is -2.39. The van der Waals surface area contributed by atoms with Gasteiger partial charge in [-0.25, -0.2) is 0 Å². The van der Waals surface area contributed by atoms with Gasteiger partial charge in [-0.3, -0.25) is 4.79 Å². The van der Waals surface area contributed by atoms with Crippen LogP contribution in [0.4, 0.5) is 0 Å². The van der Waals surface area contributed by atoms with E-state index in [9.17, 15) is 4.79 Å². The van der Waals surface area contributed by atoms with E-state index in [-0.39, 0.29) is 5.91 Å². The van der Waals surface area contributed by atoms with Crippen LogP contribution in [-0.4, -0.2) is 12.5 Å². The predicted octanol–water partition coefficient (Wildman–Crippen LogP) is 4.84. The van der Waals surface area contributed by atoms with Crippen LogP contribution in [-0.2, 0) is 4.79 Å². The first kappa shape index (κ1) is 16.4.